The molecular weight excluding hydrogens is 475 g/mol. The summed E-state index contributed by atoms with van der Waals surface area (Å²) in [6, 6.07) is 12.9. The number of aromatic amines is 1. The molecule has 0 bridgehead atoms. The quantitative estimate of drug-likeness (QED) is 0.510. The fourth-order valence-electron chi connectivity index (χ4n) is 4.71. The van der Waals surface area contributed by atoms with Gasteiger partial charge in [0.25, 0.3) is 5.91 Å². The highest BCUT2D eigenvalue weighted by Gasteiger charge is 2.42. The van der Waals surface area contributed by atoms with E-state index in [0.29, 0.717) is 22.3 Å². The third kappa shape index (κ3) is 4.41. The molecule has 2 aliphatic heterocycles. The van der Waals surface area contributed by atoms with Crippen molar-refractivity contribution in [2.45, 2.75) is 12.5 Å². The minimum absolute atomic E-state index is 0.0553. The van der Waals surface area contributed by atoms with Crippen LogP contribution in [0.2, 0.25) is 10.0 Å². The molecule has 1 aromatic heterocycles. The summed E-state index contributed by atoms with van der Waals surface area (Å²) >= 11 is 12.6. The first kappa shape index (κ1) is 23.2. The summed E-state index contributed by atoms with van der Waals surface area (Å²) in [6.07, 6.45) is 0.860. The summed E-state index contributed by atoms with van der Waals surface area (Å²) in [4.78, 5) is 17.8. The molecule has 1 unspecified atom stereocenters. The second-order valence-corrected chi connectivity index (χ2v) is 9.29. The van der Waals surface area contributed by atoms with Crippen LogP contribution in [0.1, 0.15) is 34.1 Å². The lowest BCUT2D eigenvalue weighted by Crippen LogP contribution is -2.38. The topological polar surface area (TPSA) is 70.7 Å². The van der Waals surface area contributed by atoms with Crippen molar-refractivity contribution >= 4 is 29.1 Å². The van der Waals surface area contributed by atoms with Crippen LogP contribution in [0.3, 0.4) is 0 Å². The maximum Gasteiger partial charge on any atom is 0.273 e. The van der Waals surface area contributed by atoms with Crippen molar-refractivity contribution in [3.05, 3.63) is 69.3 Å². The van der Waals surface area contributed by atoms with Crippen LogP contribution in [0.25, 0.3) is 11.3 Å². The zero-order valence-electron chi connectivity index (χ0n) is 18.9. The average Bonchev–Trinajstić information content (AvgIpc) is 3.41. The van der Waals surface area contributed by atoms with Gasteiger partial charge >= 0.3 is 0 Å². The minimum atomic E-state index is -0.308. The average molecular weight is 501 g/mol. The Bertz CT molecular complexity index is 1180. The summed E-state index contributed by atoms with van der Waals surface area (Å²) in [7, 11) is 1.63. The van der Waals surface area contributed by atoms with Crippen molar-refractivity contribution in [3.63, 3.8) is 0 Å². The van der Waals surface area contributed by atoms with Gasteiger partial charge in [0.1, 0.15) is 11.4 Å². The van der Waals surface area contributed by atoms with Gasteiger partial charge < -0.3 is 14.4 Å². The van der Waals surface area contributed by atoms with Crippen LogP contribution in [0.5, 0.6) is 5.75 Å². The molecule has 7 nitrogen and oxygen atoms in total. The number of fused-ring (bicyclic) bond motifs is 1. The number of nitrogens with zero attached hydrogens (tertiary/aromatic N) is 3. The van der Waals surface area contributed by atoms with Crippen LogP contribution in [0, 0.1) is 0 Å². The Morgan fingerprint density at radius 3 is 2.56 bits per heavy atom. The Balaban J connectivity index is 1.48. The first-order valence-corrected chi connectivity index (χ1v) is 12.1. The molecule has 34 heavy (non-hydrogen) atoms. The molecule has 1 amide bonds. The molecule has 178 valence electrons. The molecule has 0 spiro atoms. The van der Waals surface area contributed by atoms with E-state index < -0.39 is 0 Å². The van der Waals surface area contributed by atoms with E-state index in [1.165, 1.54) is 0 Å². The highest BCUT2D eigenvalue weighted by molar-refractivity contribution is 6.42. The number of carbonyl (C=O) groups excluding carboxylic acids is 1. The molecule has 1 atom stereocenters. The predicted molar refractivity (Wildman–Crippen MR) is 132 cm³/mol. The lowest BCUT2D eigenvalue weighted by molar-refractivity contribution is 0.0354. The summed E-state index contributed by atoms with van der Waals surface area (Å²) in [6.45, 7) is 4.90. The van der Waals surface area contributed by atoms with Gasteiger partial charge in [-0.1, -0.05) is 29.3 Å². The van der Waals surface area contributed by atoms with Crippen molar-refractivity contribution in [1.82, 2.24) is 20.0 Å². The van der Waals surface area contributed by atoms with Gasteiger partial charge in [0.2, 0.25) is 0 Å². The number of nitrogens with one attached hydrogen (secondary N) is 1. The Morgan fingerprint density at radius 2 is 1.85 bits per heavy atom. The second kappa shape index (κ2) is 9.96. The number of rotatable bonds is 7. The van der Waals surface area contributed by atoms with Crippen molar-refractivity contribution in [2.75, 3.05) is 46.5 Å². The number of morpholine rings is 1. The number of hydrogen-bond donors (Lipinski definition) is 1. The largest absolute Gasteiger partial charge is 0.497 e. The van der Waals surface area contributed by atoms with Crippen LogP contribution in [-0.4, -0.2) is 72.4 Å². The molecule has 3 heterocycles. The summed E-state index contributed by atoms with van der Waals surface area (Å²) in [5.74, 6) is 0.707. The molecule has 1 N–H and O–H groups in total. The van der Waals surface area contributed by atoms with Crippen molar-refractivity contribution in [2.24, 2.45) is 0 Å². The Morgan fingerprint density at radius 1 is 1.09 bits per heavy atom. The SMILES string of the molecule is COc1ccc(-c2n[nH]c3c2C(c2ccc(Cl)c(Cl)c2)N(CCCN2CCOCC2)C3=O)cc1. The molecule has 1 fully saturated rings. The number of methoxy groups -OCH3 is 1. The van der Waals surface area contributed by atoms with Crippen LogP contribution in [0.15, 0.2) is 42.5 Å². The number of aromatic nitrogens is 2. The summed E-state index contributed by atoms with van der Waals surface area (Å²) in [5, 5.41) is 8.47. The Labute approximate surface area is 208 Å². The Hall–Kier alpha value is -2.58. The maximum atomic E-state index is 13.5. The monoisotopic (exact) mass is 500 g/mol. The molecule has 1 saturated heterocycles. The van der Waals surface area contributed by atoms with Crippen molar-refractivity contribution in [3.8, 4) is 17.0 Å². The molecule has 0 aliphatic carbocycles. The number of benzene rings is 2. The standard InChI is InChI=1S/C25H26Cl2N4O3/c1-33-18-6-3-16(4-7-18)22-21-23(29-28-22)25(32)31(10-2-9-30-11-13-34-14-12-30)24(21)17-5-8-19(26)20(27)15-17/h3-8,15,24H,2,9-14H2,1H3,(H,28,29). The molecule has 0 saturated carbocycles. The van der Waals surface area contributed by atoms with E-state index in [2.05, 4.69) is 15.1 Å². The highest BCUT2D eigenvalue weighted by atomic mass is 35.5. The van der Waals surface area contributed by atoms with Gasteiger partial charge in [-0.25, -0.2) is 0 Å². The zero-order valence-corrected chi connectivity index (χ0v) is 20.4. The van der Waals surface area contributed by atoms with E-state index in [1.807, 2.05) is 41.3 Å². The van der Waals surface area contributed by atoms with Crippen LogP contribution < -0.4 is 4.74 Å². The first-order chi connectivity index (χ1) is 16.6. The first-order valence-electron chi connectivity index (χ1n) is 11.4. The lowest BCUT2D eigenvalue weighted by Gasteiger charge is -2.30. The molecule has 5 rings (SSSR count). The summed E-state index contributed by atoms with van der Waals surface area (Å²) in [5.41, 5.74) is 3.95. The van der Waals surface area contributed by atoms with Crippen LogP contribution >= 0.6 is 23.2 Å². The van der Waals surface area contributed by atoms with E-state index in [9.17, 15) is 4.79 Å². The molecule has 2 aromatic carbocycles. The molecule has 3 aromatic rings. The molecule has 2 aliphatic rings. The lowest BCUT2D eigenvalue weighted by atomic mass is 9.96. The third-order valence-corrected chi connectivity index (χ3v) is 7.20. The molecule has 0 radical (unpaired) electrons. The highest BCUT2D eigenvalue weighted by Crippen LogP contribution is 2.44. The number of hydrogen-bond acceptors (Lipinski definition) is 5. The molecular formula is C25H26Cl2N4O3. The van der Waals surface area contributed by atoms with Crippen LogP contribution in [-0.2, 0) is 4.74 Å². The van der Waals surface area contributed by atoms with Gasteiger partial charge in [0.05, 0.1) is 42.1 Å². The predicted octanol–water partition coefficient (Wildman–Crippen LogP) is 4.66. The van der Waals surface area contributed by atoms with Gasteiger partial charge in [-0.05, 0) is 48.4 Å². The van der Waals surface area contributed by atoms with E-state index in [4.69, 9.17) is 32.7 Å². The zero-order chi connectivity index (χ0) is 23.7. The number of ether oxygens (including phenoxy) is 2. The van der Waals surface area contributed by atoms with E-state index in [1.54, 1.807) is 13.2 Å². The van der Waals surface area contributed by atoms with Crippen molar-refractivity contribution in [1.29, 1.82) is 0 Å². The maximum absolute atomic E-state index is 13.5. The van der Waals surface area contributed by atoms with Crippen molar-refractivity contribution < 1.29 is 14.3 Å². The van der Waals surface area contributed by atoms with E-state index in [0.717, 1.165) is 67.4 Å². The summed E-state index contributed by atoms with van der Waals surface area (Å²) < 4.78 is 10.7. The number of H-pyrrole nitrogens is 1. The van der Waals surface area contributed by atoms with Gasteiger partial charge in [-0.2, -0.15) is 5.10 Å². The normalized spacial score (nSPS) is 18.4. The fraction of sp³-hybridized carbons (Fsp3) is 0.360. The second-order valence-electron chi connectivity index (χ2n) is 8.47. The number of carbonyl (C=O) groups is 1. The number of halogens is 2. The van der Waals surface area contributed by atoms with Gasteiger partial charge in [-0.15, -0.1) is 0 Å². The third-order valence-electron chi connectivity index (χ3n) is 6.46. The fourth-order valence-corrected chi connectivity index (χ4v) is 5.02. The van der Waals surface area contributed by atoms with E-state index >= 15 is 0 Å². The van der Waals surface area contributed by atoms with Crippen LogP contribution in [0.4, 0.5) is 0 Å². The van der Waals surface area contributed by atoms with Gasteiger partial charge in [0, 0.05) is 37.3 Å². The van der Waals surface area contributed by atoms with E-state index in [-0.39, 0.29) is 11.9 Å². The smallest absolute Gasteiger partial charge is 0.273 e. The number of amides is 1. The van der Waals surface area contributed by atoms with Gasteiger partial charge in [-0.3, -0.25) is 14.8 Å². The Kier molecular flexibility index (Phi) is 6.79. The molecule has 9 heteroatoms. The van der Waals surface area contributed by atoms with Gasteiger partial charge in [0.15, 0.2) is 0 Å². The minimum Gasteiger partial charge on any atom is -0.497 e.